The first-order chi connectivity index (χ1) is 10.1. The fraction of sp³-hybridized carbons (Fsp3) is 0.500. The second kappa shape index (κ2) is 7.22. The molecular formula is C16H21NO4. The first-order valence-electron chi connectivity index (χ1n) is 7.26. The second-order valence-electron chi connectivity index (χ2n) is 5.52. The molecule has 0 bridgehead atoms. The van der Waals surface area contributed by atoms with Gasteiger partial charge >= 0.3 is 5.97 Å². The van der Waals surface area contributed by atoms with Crippen LogP contribution in [0.2, 0.25) is 0 Å². The molecule has 0 saturated carbocycles. The Bertz CT molecular complexity index is 492. The molecule has 0 spiro atoms. The topological polar surface area (TPSA) is 75.6 Å². The molecule has 21 heavy (non-hydrogen) atoms. The van der Waals surface area contributed by atoms with Crippen molar-refractivity contribution in [2.45, 2.75) is 26.2 Å². The van der Waals surface area contributed by atoms with Crippen LogP contribution < -0.4 is 5.32 Å². The van der Waals surface area contributed by atoms with Gasteiger partial charge in [0.05, 0.1) is 5.92 Å². The number of rotatable bonds is 5. The van der Waals surface area contributed by atoms with Crippen molar-refractivity contribution >= 4 is 17.6 Å². The molecule has 1 fully saturated rings. The van der Waals surface area contributed by atoms with E-state index in [2.05, 4.69) is 5.32 Å². The lowest BCUT2D eigenvalue weighted by Gasteiger charge is -2.21. The summed E-state index contributed by atoms with van der Waals surface area (Å²) in [6.45, 7) is 2.97. The van der Waals surface area contributed by atoms with Gasteiger partial charge in [0.1, 0.15) is 0 Å². The molecule has 1 amide bonds. The van der Waals surface area contributed by atoms with Gasteiger partial charge < -0.3 is 15.2 Å². The van der Waals surface area contributed by atoms with Crippen LogP contribution in [0.1, 0.15) is 25.3 Å². The summed E-state index contributed by atoms with van der Waals surface area (Å²) in [5, 5.41) is 11.8. The molecule has 2 N–H and O–H groups in total. The Balaban J connectivity index is 1.89. The van der Waals surface area contributed by atoms with E-state index in [1.165, 1.54) is 0 Å². The van der Waals surface area contributed by atoms with Gasteiger partial charge in [-0.25, -0.2) is 0 Å². The summed E-state index contributed by atoms with van der Waals surface area (Å²) >= 11 is 0. The number of benzene rings is 1. The fourth-order valence-corrected chi connectivity index (χ4v) is 2.37. The summed E-state index contributed by atoms with van der Waals surface area (Å²) in [5.74, 6) is -1.16. The maximum absolute atomic E-state index is 12.1. The number of ether oxygens (including phenoxy) is 1. The van der Waals surface area contributed by atoms with Gasteiger partial charge in [-0.1, -0.05) is 19.1 Å². The van der Waals surface area contributed by atoms with E-state index in [0.29, 0.717) is 19.6 Å². The SMILES string of the molecule is CC(Cc1ccc(NC(=O)C2CCOCC2)cc1)C(=O)O. The van der Waals surface area contributed by atoms with E-state index < -0.39 is 11.9 Å². The van der Waals surface area contributed by atoms with Crippen LogP contribution in [-0.4, -0.2) is 30.2 Å². The molecular weight excluding hydrogens is 270 g/mol. The number of hydrogen-bond acceptors (Lipinski definition) is 3. The Morgan fingerprint density at radius 1 is 1.29 bits per heavy atom. The monoisotopic (exact) mass is 291 g/mol. The van der Waals surface area contributed by atoms with Crippen molar-refractivity contribution in [1.29, 1.82) is 0 Å². The van der Waals surface area contributed by atoms with Crippen LogP contribution >= 0.6 is 0 Å². The summed E-state index contributed by atoms with van der Waals surface area (Å²) in [6, 6.07) is 7.36. The van der Waals surface area contributed by atoms with Gasteiger partial charge in [-0.2, -0.15) is 0 Å². The number of anilines is 1. The number of aliphatic carboxylic acids is 1. The number of hydrogen-bond donors (Lipinski definition) is 2. The third-order valence-electron chi connectivity index (χ3n) is 3.78. The van der Waals surface area contributed by atoms with Gasteiger partial charge in [0.25, 0.3) is 0 Å². The molecule has 1 atom stereocenters. The van der Waals surface area contributed by atoms with Crippen LogP contribution in [0.15, 0.2) is 24.3 Å². The molecule has 0 aromatic heterocycles. The van der Waals surface area contributed by atoms with E-state index >= 15 is 0 Å². The Morgan fingerprint density at radius 3 is 2.48 bits per heavy atom. The molecule has 1 unspecified atom stereocenters. The van der Waals surface area contributed by atoms with E-state index in [9.17, 15) is 9.59 Å². The van der Waals surface area contributed by atoms with Crippen molar-refractivity contribution in [1.82, 2.24) is 0 Å². The molecule has 5 heteroatoms. The predicted molar refractivity (Wildman–Crippen MR) is 79.1 cm³/mol. The van der Waals surface area contributed by atoms with E-state index in [-0.39, 0.29) is 11.8 Å². The Morgan fingerprint density at radius 2 is 1.90 bits per heavy atom. The Labute approximate surface area is 124 Å². The highest BCUT2D eigenvalue weighted by Gasteiger charge is 2.21. The zero-order chi connectivity index (χ0) is 15.2. The molecule has 1 aliphatic heterocycles. The third kappa shape index (κ3) is 4.56. The number of nitrogens with one attached hydrogen (secondary N) is 1. The van der Waals surface area contributed by atoms with Gasteiger partial charge in [-0.05, 0) is 37.0 Å². The highest BCUT2D eigenvalue weighted by atomic mass is 16.5. The molecule has 1 aromatic carbocycles. The average Bonchev–Trinajstić information content (AvgIpc) is 2.50. The van der Waals surface area contributed by atoms with E-state index in [4.69, 9.17) is 9.84 Å². The van der Waals surface area contributed by atoms with Crippen LogP contribution in [0, 0.1) is 11.8 Å². The number of carboxylic acids is 1. The summed E-state index contributed by atoms with van der Waals surface area (Å²) in [5.41, 5.74) is 1.70. The van der Waals surface area contributed by atoms with Crippen LogP contribution in [0.25, 0.3) is 0 Å². The third-order valence-corrected chi connectivity index (χ3v) is 3.78. The Hall–Kier alpha value is -1.88. The molecule has 114 valence electrons. The van der Waals surface area contributed by atoms with Crippen LogP contribution in [0.4, 0.5) is 5.69 Å². The van der Waals surface area contributed by atoms with Crippen molar-refractivity contribution in [3.8, 4) is 0 Å². The largest absolute Gasteiger partial charge is 0.481 e. The van der Waals surface area contributed by atoms with Gasteiger partial charge in [0.15, 0.2) is 0 Å². The van der Waals surface area contributed by atoms with Crippen molar-refractivity contribution in [3.63, 3.8) is 0 Å². The van der Waals surface area contributed by atoms with Crippen molar-refractivity contribution in [2.24, 2.45) is 11.8 Å². The first-order valence-corrected chi connectivity index (χ1v) is 7.26. The molecule has 2 rings (SSSR count). The van der Waals surface area contributed by atoms with Crippen LogP contribution in [0.5, 0.6) is 0 Å². The normalized spacial score (nSPS) is 17.2. The minimum Gasteiger partial charge on any atom is -0.481 e. The first kappa shape index (κ1) is 15.5. The smallest absolute Gasteiger partial charge is 0.306 e. The van der Waals surface area contributed by atoms with Crippen molar-refractivity contribution in [2.75, 3.05) is 18.5 Å². The van der Waals surface area contributed by atoms with E-state index in [1.54, 1.807) is 6.92 Å². The van der Waals surface area contributed by atoms with Crippen molar-refractivity contribution < 1.29 is 19.4 Å². The summed E-state index contributed by atoms with van der Waals surface area (Å²) < 4.78 is 5.24. The van der Waals surface area contributed by atoms with Gasteiger partial charge in [0, 0.05) is 24.8 Å². The second-order valence-corrected chi connectivity index (χ2v) is 5.52. The zero-order valence-corrected chi connectivity index (χ0v) is 12.2. The lowest BCUT2D eigenvalue weighted by molar-refractivity contribution is -0.141. The maximum Gasteiger partial charge on any atom is 0.306 e. The van der Waals surface area contributed by atoms with Crippen LogP contribution in [0.3, 0.4) is 0 Å². The van der Waals surface area contributed by atoms with Crippen molar-refractivity contribution in [3.05, 3.63) is 29.8 Å². The average molecular weight is 291 g/mol. The summed E-state index contributed by atoms with van der Waals surface area (Å²) in [7, 11) is 0. The predicted octanol–water partition coefficient (Wildman–Crippen LogP) is 2.31. The van der Waals surface area contributed by atoms with E-state index in [1.807, 2.05) is 24.3 Å². The summed E-state index contributed by atoms with van der Waals surface area (Å²) in [6.07, 6.45) is 2.02. The molecule has 1 aliphatic rings. The standard InChI is InChI=1S/C16H21NO4/c1-11(16(19)20)10-12-2-4-14(5-3-12)17-15(18)13-6-8-21-9-7-13/h2-5,11,13H,6-10H2,1H3,(H,17,18)(H,19,20). The van der Waals surface area contributed by atoms with E-state index in [0.717, 1.165) is 24.1 Å². The maximum atomic E-state index is 12.1. The quantitative estimate of drug-likeness (QED) is 0.873. The zero-order valence-electron chi connectivity index (χ0n) is 12.2. The fourth-order valence-electron chi connectivity index (χ4n) is 2.37. The molecule has 1 heterocycles. The minimum absolute atomic E-state index is 0.0189. The van der Waals surface area contributed by atoms with Gasteiger partial charge in [-0.3, -0.25) is 9.59 Å². The number of amides is 1. The number of carbonyl (C=O) groups excluding carboxylic acids is 1. The Kier molecular flexibility index (Phi) is 5.33. The molecule has 5 nitrogen and oxygen atoms in total. The van der Waals surface area contributed by atoms with Gasteiger partial charge in [0.2, 0.25) is 5.91 Å². The molecule has 0 aliphatic carbocycles. The lowest BCUT2D eigenvalue weighted by Crippen LogP contribution is -2.28. The lowest BCUT2D eigenvalue weighted by atomic mass is 9.99. The van der Waals surface area contributed by atoms with Crippen LogP contribution in [-0.2, 0) is 20.7 Å². The highest BCUT2D eigenvalue weighted by molar-refractivity contribution is 5.92. The summed E-state index contributed by atoms with van der Waals surface area (Å²) in [4.78, 5) is 22.9. The molecule has 1 aromatic rings. The minimum atomic E-state index is -0.799. The highest BCUT2D eigenvalue weighted by Crippen LogP contribution is 2.18. The molecule has 0 radical (unpaired) electrons. The number of carbonyl (C=O) groups is 2. The molecule has 1 saturated heterocycles. The number of carboxylic acid groups (broad SMARTS) is 1. The van der Waals surface area contributed by atoms with Gasteiger partial charge in [-0.15, -0.1) is 0 Å².